The van der Waals surface area contributed by atoms with Crippen LogP contribution in [0.15, 0.2) is 30.3 Å². The summed E-state index contributed by atoms with van der Waals surface area (Å²) in [6, 6.07) is 9.54. The lowest BCUT2D eigenvalue weighted by molar-refractivity contribution is -0.138. The number of carboxylic acid groups (broad SMARTS) is 1. The number of benzene rings is 1. The van der Waals surface area contributed by atoms with Crippen molar-refractivity contribution in [3.63, 3.8) is 0 Å². The highest BCUT2D eigenvalue weighted by molar-refractivity contribution is 8.02. The van der Waals surface area contributed by atoms with Gasteiger partial charge in [0.05, 0.1) is 17.3 Å². The van der Waals surface area contributed by atoms with E-state index >= 15 is 0 Å². The lowest BCUT2D eigenvalue weighted by Gasteiger charge is -2.23. The van der Waals surface area contributed by atoms with Crippen molar-refractivity contribution in [3.05, 3.63) is 35.9 Å². The minimum Gasteiger partial charge on any atom is -0.481 e. The van der Waals surface area contributed by atoms with E-state index in [1.54, 1.807) is 4.90 Å². The van der Waals surface area contributed by atoms with Crippen LogP contribution in [0.4, 0.5) is 0 Å². The summed E-state index contributed by atoms with van der Waals surface area (Å²) >= 11 is 1.39. The SMILES string of the molecule is O=C(O)CCCN(Cc1ccccc1)C(=O)CSC1CCS(=O)(=O)C1. The molecule has 1 aliphatic rings. The molecule has 0 bridgehead atoms. The number of rotatable bonds is 9. The highest BCUT2D eigenvalue weighted by atomic mass is 32.2. The molecule has 25 heavy (non-hydrogen) atoms. The standard InChI is InChI=1S/C17H23NO5S2/c19-16(12-24-15-8-10-25(22,23)13-15)18(9-4-7-17(20)21)11-14-5-2-1-3-6-14/h1-3,5-6,15H,4,7-13H2,(H,20,21). The Morgan fingerprint density at radius 3 is 2.56 bits per heavy atom. The van der Waals surface area contributed by atoms with E-state index in [4.69, 9.17) is 5.11 Å². The molecule has 1 unspecified atom stereocenters. The van der Waals surface area contributed by atoms with Gasteiger partial charge in [0, 0.05) is 24.8 Å². The van der Waals surface area contributed by atoms with Crippen molar-refractivity contribution in [2.45, 2.75) is 31.1 Å². The van der Waals surface area contributed by atoms with Crippen LogP contribution in [0.5, 0.6) is 0 Å². The van der Waals surface area contributed by atoms with Gasteiger partial charge in [-0.2, -0.15) is 0 Å². The molecule has 0 aliphatic carbocycles. The Balaban J connectivity index is 1.90. The number of hydrogen-bond donors (Lipinski definition) is 1. The molecule has 1 aromatic carbocycles. The van der Waals surface area contributed by atoms with Gasteiger partial charge >= 0.3 is 5.97 Å². The van der Waals surface area contributed by atoms with E-state index in [1.807, 2.05) is 30.3 Å². The Labute approximate surface area is 152 Å². The lowest BCUT2D eigenvalue weighted by Crippen LogP contribution is -2.33. The maximum Gasteiger partial charge on any atom is 0.303 e. The Morgan fingerprint density at radius 1 is 1.24 bits per heavy atom. The summed E-state index contributed by atoms with van der Waals surface area (Å²) in [7, 11) is -2.95. The molecule has 0 aromatic heterocycles. The van der Waals surface area contributed by atoms with Crippen molar-refractivity contribution >= 4 is 33.5 Å². The van der Waals surface area contributed by atoms with Gasteiger partial charge in [-0.25, -0.2) is 8.42 Å². The van der Waals surface area contributed by atoms with Crippen LogP contribution >= 0.6 is 11.8 Å². The van der Waals surface area contributed by atoms with Gasteiger partial charge in [0.25, 0.3) is 0 Å². The zero-order valence-corrected chi connectivity index (χ0v) is 15.6. The van der Waals surface area contributed by atoms with Crippen LogP contribution in [0.25, 0.3) is 0 Å². The fourth-order valence-corrected chi connectivity index (χ4v) is 6.23. The number of hydrogen-bond acceptors (Lipinski definition) is 5. The van der Waals surface area contributed by atoms with Crippen LogP contribution in [0.1, 0.15) is 24.8 Å². The summed E-state index contributed by atoms with van der Waals surface area (Å²) in [4.78, 5) is 24.9. The average Bonchev–Trinajstić information content (AvgIpc) is 2.91. The van der Waals surface area contributed by atoms with Gasteiger partial charge in [0.1, 0.15) is 0 Å². The third kappa shape index (κ3) is 7.07. The van der Waals surface area contributed by atoms with E-state index in [2.05, 4.69) is 0 Å². The first-order valence-corrected chi connectivity index (χ1v) is 11.1. The second-order valence-electron chi connectivity index (χ2n) is 6.13. The average molecular weight is 386 g/mol. The maximum atomic E-state index is 12.5. The molecule has 138 valence electrons. The topological polar surface area (TPSA) is 91.8 Å². The number of thioether (sulfide) groups is 1. The summed E-state index contributed by atoms with van der Waals surface area (Å²) in [5.74, 6) is -0.394. The number of amides is 1. The molecule has 1 saturated heterocycles. The summed E-state index contributed by atoms with van der Waals surface area (Å²) in [5.41, 5.74) is 0.986. The summed E-state index contributed by atoms with van der Waals surface area (Å²) < 4.78 is 23.0. The number of carbonyl (C=O) groups is 2. The molecule has 1 heterocycles. The zero-order chi connectivity index (χ0) is 18.3. The lowest BCUT2D eigenvalue weighted by atomic mass is 10.2. The molecule has 0 radical (unpaired) electrons. The summed E-state index contributed by atoms with van der Waals surface area (Å²) in [5, 5.41) is 8.76. The van der Waals surface area contributed by atoms with Crippen molar-refractivity contribution in [3.8, 4) is 0 Å². The first kappa shape index (κ1) is 19.8. The fraction of sp³-hybridized carbons (Fsp3) is 0.529. The second kappa shape index (κ2) is 9.24. The molecule has 1 fully saturated rings. The molecule has 0 saturated carbocycles. The van der Waals surface area contributed by atoms with Crippen molar-refractivity contribution in [2.24, 2.45) is 0 Å². The number of aliphatic carboxylic acids is 1. The van der Waals surface area contributed by atoms with Crippen LogP contribution in [-0.2, 0) is 26.0 Å². The molecule has 1 atom stereocenters. The molecule has 8 heteroatoms. The van der Waals surface area contributed by atoms with Crippen molar-refractivity contribution < 1.29 is 23.1 Å². The Kier molecular flexibility index (Phi) is 7.31. The van der Waals surface area contributed by atoms with E-state index in [-0.39, 0.29) is 34.8 Å². The number of sulfone groups is 1. The van der Waals surface area contributed by atoms with E-state index in [9.17, 15) is 18.0 Å². The third-order valence-corrected chi connectivity index (χ3v) is 7.29. The molecule has 1 aliphatic heterocycles. The highest BCUT2D eigenvalue weighted by Gasteiger charge is 2.29. The summed E-state index contributed by atoms with van der Waals surface area (Å²) in [6.07, 6.45) is 1.01. The van der Waals surface area contributed by atoms with E-state index in [0.717, 1.165) is 5.56 Å². The highest BCUT2D eigenvalue weighted by Crippen LogP contribution is 2.24. The molecule has 1 aromatic rings. The van der Waals surface area contributed by atoms with Crippen LogP contribution in [0.2, 0.25) is 0 Å². The quantitative estimate of drug-likeness (QED) is 0.697. The van der Waals surface area contributed by atoms with Gasteiger partial charge in [-0.3, -0.25) is 9.59 Å². The monoisotopic (exact) mass is 385 g/mol. The zero-order valence-electron chi connectivity index (χ0n) is 14.0. The summed E-state index contributed by atoms with van der Waals surface area (Å²) in [6.45, 7) is 0.812. The minimum absolute atomic E-state index is 0.0204. The molecule has 2 rings (SSSR count). The molecule has 6 nitrogen and oxygen atoms in total. The molecule has 0 spiro atoms. The van der Waals surface area contributed by atoms with Gasteiger partial charge < -0.3 is 10.0 Å². The first-order chi connectivity index (χ1) is 11.9. The molecular formula is C17H23NO5S2. The van der Waals surface area contributed by atoms with Crippen LogP contribution in [0, 0.1) is 0 Å². The fourth-order valence-electron chi connectivity index (χ4n) is 2.69. The van der Waals surface area contributed by atoms with Crippen LogP contribution < -0.4 is 0 Å². The Hall–Kier alpha value is -1.54. The van der Waals surface area contributed by atoms with Crippen LogP contribution in [0.3, 0.4) is 0 Å². The largest absolute Gasteiger partial charge is 0.481 e. The van der Waals surface area contributed by atoms with Gasteiger partial charge in [-0.05, 0) is 18.4 Å². The van der Waals surface area contributed by atoms with Gasteiger partial charge in [-0.15, -0.1) is 11.8 Å². The minimum atomic E-state index is -2.95. The molecular weight excluding hydrogens is 362 g/mol. The van der Waals surface area contributed by atoms with E-state index in [0.29, 0.717) is 25.9 Å². The van der Waals surface area contributed by atoms with Crippen LogP contribution in [-0.4, -0.2) is 59.4 Å². The normalized spacial score (nSPS) is 18.8. The van der Waals surface area contributed by atoms with Crippen molar-refractivity contribution in [1.29, 1.82) is 0 Å². The second-order valence-corrected chi connectivity index (χ2v) is 9.65. The van der Waals surface area contributed by atoms with E-state index < -0.39 is 15.8 Å². The molecule has 1 amide bonds. The first-order valence-electron chi connectivity index (χ1n) is 8.21. The van der Waals surface area contributed by atoms with Gasteiger partial charge in [0.2, 0.25) is 5.91 Å². The number of nitrogens with zero attached hydrogens (tertiary/aromatic N) is 1. The van der Waals surface area contributed by atoms with Gasteiger partial charge in [0.15, 0.2) is 9.84 Å². The maximum absolute atomic E-state index is 12.5. The number of carboxylic acids is 1. The van der Waals surface area contributed by atoms with E-state index in [1.165, 1.54) is 11.8 Å². The van der Waals surface area contributed by atoms with Crippen molar-refractivity contribution in [1.82, 2.24) is 4.90 Å². The number of carbonyl (C=O) groups excluding carboxylic acids is 1. The molecule has 1 N–H and O–H groups in total. The van der Waals surface area contributed by atoms with Crippen molar-refractivity contribution in [2.75, 3.05) is 23.8 Å². The van der Waals surface area contributed by atoms with Gasteiger partial charge in [-0.1, -0.05) is 30.3 Å². The Morgan fingerprint density at radius 2 is 1.96 bits per heavy atom. The predicted octanol–water partition coefficient (Wildman–Crippen LogP) is 1.80. The Bertz CT molecular complexity index is 690. The smallest absolute Gasteiger partial charge is 0.303 e. The predicted molar refractivity (Wildman–Crippen MR) is 98.2 cm³/mol. The third-order valence-electron chi connectivity index (χ3n) is 4.02.